The van der Waals surface area contributed by atoms with Gasteiger partial charge in [0.25, 0.3) is 5.91 Å². The van der Waals surface area contributed by atoms with Crippen LogP contribution in [0.1, 0.15) is 36.0 Å². The van der Waals surface area contributed by atoms with Crippen LogP contribution in [-0.4, -0.2) is 28.9 Å². The van der Waals surface area contributed by atoms with Crippen molar-refractivity contribution >= 4 is 23.5 Å². The molecule has 0 saturated heterocycles. The lowest BCUT2D eigenvalue weighted by molar-refractivity contribution is 0.0784. The molecule has 0 bridgehead atoms. The molecule has 1 aliphatic carbocycles. The van der Waals surface area contributed by atoms with Gasteiger partial charge in [0.1, 0.15) is 0 Å². The van der Waals surface area contributed by atoms with Crippen LogP contribution in [0, 0.1) is 0 Å². The standard InChI is InChI=1S/C14H16ClN3O/c15-10-7-5-9(6-8-10)13(19)18-12-4-2-1-3-11(12)17-14(18)16/h5-8,11-12H,1-4H2,(H2,16,17)/t11-,12-/m1/s1. The van der Waals surface area contributed by atoms with Crippen LogP contribution in [-0.2, 0) is 0 Å². The quantitative estimate of drug-likeness (QED) is 0.857. The number of hydrogen-bond acceptors (Lipinski definition) is 3. The molecule has 1 amide bonds. The molecule has 1 aromatic carbocycles. The number of halogens is 1. The Hall–Kier alpha value is -1.55. The summed E-state index contributed by atoms with van der Waals surface area (Å²) in [6.07, 6.45) is 4.30. The number of nitrogens with two attached hydrogens (primary N) is 1. The number of carbonyl (C=O) groups is 1. The van der Waals surface area contributed by atoms with Crippen LogP contribution < -0.4 is 5.73 Å². The third-order valence-electron chi connectivity index (χ3n) is 3.88. The predicted molar refractivity (Wildman–Crippen MR) is 75.3 cm³/mol. The van der Waals surface area contributed by atoms with Gasteiger partial charge in [-0.3, -0.25) is 9.69 Å². The first-order valence-corrected chi connectivity index (χ1v) is 6.97. The van der Waals surface area contributed by atoms with E-state index in [1.165, 1.54) is 6.42 Å². The number of amides is 1. The molecule has 3 rings (SSSR count). The zero-order valence-electron chi connectivity index (χ0n) is 10.6. The zero-order valence-corrected chi connectivity index (χ0v) is 11.3. The Morgan fingerprint density at radius 1 is 1.26 bits per heavy atom. The van der Waals surface area contributed by atoms with Crippen LogP contribution in [0.2, 0.25) is 5.02 Å². The lowest BCUT2D eigenvalue weighted by atomic mass is 9.90. The first-order valence-electron chi connectivity index (χ1n) is 6.59. The zero-order chi connectivity index (χ0) is 13.4. The highest BCUT2D eigenvalue weighted by molar-refractivity contribution is 6.30. The Balaban J connectivity index is 1.86. The number of rotatable bonds is 1. The molecule has 19 heavy (non-hydrogen) atoms. The third-order valence-corrected chi connectivity index (χ3v) is 4.13. The first kappa shape index (κ1) is 12.5. The molecule has 5 heteroatoms. The average molecular weight is 278 g/mol. The van der Waals surface area contributed by atoms with E-state index in [0.717, 1.165) is 19.3 Å². The fraction of sp³-hybridized carbons (Fsp3) is 0.429. The van der Waals surface area contributed by atoms with Crippen LogP contribution in [0.15, 0.2) is 29.3 Å². The smallest absolute Gasteiger partial charge is 0.260 e. The molecule has 0 radical (unpaired) electrons. The summed E-state index contributed by atoms with van der Waals surface area (Å²) in [5, 5.41) is 0.621. The minimum Gasteiger partial charge on any atom is -0.369 e. The summed E-state index contributed by atoms with van der Waals surface area (Å²) < 4.78 is 0. The van der Waals surface area contributed by atoms with E-state index in [1.807, 2.05) is 0 Å². The number of benzene rings is 1. The van der Waals surface area contributed by atoms with Crippen LogP contribution in [0.3, 0.4) is 0 Å². The summed E-state index contributed by atoms with van der Waals surface area (Å²) in [5.74, 6) is 0.282. The van der Waals surface area contributed by atoms with Crippen molar-refractivity contribution in [3.63, 3.8) is 0 Å². The number of fused-ring (bicyclic) bond motifs is 1. The number of aliphatic imine (C=N–C) groups is 1. The molecule has 2 atom stereocenters. The van der Waals surface area contributed by atoms with E-state index >= 15 is 0 Å². The van der Waals surface area contributed by atoms with E-state index in [0.29, 0.717) is 16.5 Å². The van der Waals surface area contributed by atoms with Gasteiger partial charge in [-0.25, -0.2) is 4.99 Å². The molecular weight excluding hydrogens is 262 g/mol. The molecule has 0 aromatic heterocycles. The van der Waals surface area contributed by atoms with E-state index in [9.17, 15) is 4.79 Å². The number of carbonyl (C=O) groups excluding carboxylic acids is 1. The Morgan fingerprint density at radius 3 is 2.68 bits per heavy atom. The van der Waals surface area contributed by atoms with Crippen molar-refractivity contribution in [2.45, 2.75) is 37.8 Å². The molecule has 4 nitrogen and oxygen atoms in total. The molecule has 2 aliphatic rings. The van der Waals surface area contributed by atoms with E-state index in [4.69, 9.17) is 17.3 Å². The van der Waals surface area contributed by atoms with Gasteiger partial charge in [-0.1, -0.05) is 24.4 Å². The van der Waals surface area contributed by atoms with Crippen molar-refractivity contribution in [2.24, 2.45) is 10.7 Å². The molecule has 0 unspecified atom stereocenters. The lowest BCUT2D eigenvalue weighted by Crippen LogP contribution is -2.47. The van der Waals surface area contributed by atoms with Gasteiger partial charge in [-0.15, -0.1) is 0 Å². The predicted octanol–water partition coefficient (Wildman–Crippen LogP) is 2.42. The van der Waals surface area contributed by atoms with E-state index in [1.54, 1.807) is 29.2 Å². The molecule has 1 saturated carbocycles. The SMILES string of the molecule is NC1=N[C@@H]2CCCC[C@H]2N1C(=O)c1ccc(Cl)cc1. The molecule has 1 fully saturated rings. The third kappa shape index (κ3) is 2.21. The highest BCUT2D eigenvalue weighted by Crippen LogP contribution is 2.31. The van der Waals surface area contributed by atoms with E-state index in [2.05, 4.69) is 4.99 Å². The second kappa shape index (κ2) is 4.85. The van der Waals surface area contributed by atoms with Gasteiger partial charge in [0, 0.05) is 10.6 Å². The Kier molecular flexibility index (Phi) is 3.19. The van der Waals surface area contributed by atoms with Crippen LogP contribution in [0.4, 0.5) is 0 Å². The van der Waals surface area contributed by atoms with Gasteiger partial charge < -0.3 is 5.73 Å². The largest absolute Gasteiger partial charge is 0.369 e. The van der Waals surface area contributed by atoms with Crippen molar-refractivity contribution < 1.29 is 4.79 Å². The Morgan fingerprint density at radius 2 is 1.95 bits per heavy atom. The van der Waals surface area contributed by atoms with Gasteiger partial charge in [0.15, 0.2) is 5.96 Å². The maximum absolute atomic E-state index is 12.5. The molecule has 100 valence electrons. The monoisotopic (exact) mass is 277 g/mol. The summed E-state index contributed by atoms with van der Waals surface area (Å²) in [6, 6.07) is 7.22. The minimum absolute atomic E-state index is 0.0766. The maximum atomic E-state index is 12.5. The number of guanidine groups is 1. The molecule has 1 heterocycles. The minimum atomic E-state index is -0.0766. The summed E-state index contributed by atoms with van der Waals surface area (Å²) in [6.45, 7) is 0. The highest BCUT2D eigenvalue weighted by Gasteiger charge is 2.40. The molecular formula is C14H16ClN3O. The average Bonchev–Trinajstić information content (AvgIpc) is 2.74. The normalized spacial score (nSPS) is 25.9. The van der Waals surface area contributed by atoms with Gasteiger partial charge in [-0.05, 0) is 37.1 Å². The van der Waals surface area contributed by atoms with Crippen molar-refractivity contribution in [3.05, 3.63) is 34.9 Å². The summed E-state index contributed by atoms with van der Waals surface area (Å²) >= 11 is 5.84. The summed E-state index contributed by atoms with van der Waals surface area (Å²) in [5.41, 5.74) is 6.54. The van der Waals surface area contributed by atoms with Crippen molar-refractivity contribution in [3.8, 4) is 0 Å². The second-order valence-corrected chi connectivity index (χ2v) is 5.52. The molecule has 0 spiro atoms. The van der Waals surface area contributed by atoms with Crippen molar-refractivity contribution in [2.75, 3.05) is 0 Å². The van der Waals surface area contributed by atoms with Crippen molar-refractivity contribution in [1.29, 1.82) is 0 Å². The summed E-state index contributed by atoms with van der Waals surface area (Å²) in [4.78, 5) is 18.6. The van der Waals surface area contributed by atoms with Crippen molar-refractivity contribution in [1.82, 2.24) is 4.90 Å². The Labute approximate surface area is 117 Å². The van der Waals surface area contributed by atoms with Gasteiger partial charge in [0.05, 0.1) is 12.1 Å². The van der Waals surface area contributed by atoms with Crippen LogP contribution >= 0.6 is 11.6 Å². The number of nitrogens with zero attached hydrogens (tertiary/aromatic N) is 2. The van der Waals surface area contributed by atoms with Gasteiger partial charge >= 0.3 is 0 Å². The topological polar surface area (TPSA) is 58.7 Å². The van der Waals surface area contributed by atoms with Crippen LogP contribution in [0.25, 0.3) is 0 Å². The Bertz CT molecular complexity index is 526. The second-order valence-electron chi connectivity index (χ2n) is 5.09. The maximum Gasteiger partial charge on any atom is 0.260 e. The van der Waals surface area contributed by atoms with E-state index in [-0.39, 0.29) is 18.0 Å². The number of hydrogen-bond donors (Lipinski definition) is 1. The molecule has 1 aromatic rings. The van der Waals surface area contributed by atoms with Crippen LogP contribution in [0.5, 0.6) is 0 Å². The van der Waals surface area contributed by atoms with Gasteiger partial charge in [-0.2, -0.15) is 0 Å². The molecule has 2 N–H and O–H groups in total. The fourth-order valence-corrected chi connectivity index (χ4v) is 3.06. The first-order chi connectivity index (χ1) is 9.16. The highest BCUT2D eigenvalue weighted by atomic mass is 35.5. The summed E-state index contributed by atoms with van der Waals surface area (Å²) in [7, 11) is 0. The lowest BCUT2D eigenvalue weighted by Gasteiger charge is -2.30. The van der Waals surface area contributed by atoms with E-state index < -0.39 is 0 Å². The fourth-order valence-electron chi connectivity index (χ4n) is 2.93. The van der Waals surface area contributed by atoms with Gasteiger partial charge in [0.2, 0.25) is 0 Å². The molecule has 1 aliphatic heterocycles.